The first-order valence-electron chi connectivity index (χ1n) is 11.9. The lowest BCUT2D eigenvalue weighted by atomic mass is 9.80. The van der Waals surface area contributed by atoms with Gasteiger partial charge < -0.3 is 9.64 Å². The van der Waals surface area contributed by atoms with Crippen molar-refractivity contribution in [3.63, 3.8) is 0 Å². The van der Waals surface area contributed by atoms with Gasteiger partial charge in [-0.25, -0.2) is 0 Å². The van der Waals surface area contributed by atoms with Crippen LogP contribution in [0.25, 0.3) is 0 Å². The zero-order chi connectivity index (χ0) is 22.1. The van der Waals surface area contributed by atoms with Gasteiger partial charge in [-0.15, -0.1) is 0 Å². The Hall–Kier alpha value is -1.08. The van der Waals surface area contributed by atoms with Gasteiger partial charge in [-0.05, 0) is 68.0 Å². The van der Waals surface area contributed by atoms with Crippen molar-refractivity contribution in [3.8, 4) is 0 Å². The van der Waals surface area contributed by atoms with Crippen molar-refractivity contribution in [2.75, 3.05) is 19.9 Å². The van der Waals surface area contributed by atoms with Crippen LogP contribution in [0.4, 0.5) is 0 Å². The lowest BCUT2D eigenvalue weighted by Crippen LogP contribution is -2.58. The van der Waals surface area contributed by atoms with Crippen molar-refractivity contribution < 1.29 is 13.7 Å². The second-order valence-corrected chi connectivity index (χ2v) is 10.1. The summed E-state index contributed by atoms with van der Waals surface area (Å²) in [5, 5.41) is 3.54. The smallest absolute Gasteiger partial charge is 0.219 e. The fraction of sp³-hybridized carbons (Fsp3) is 0.720. The number of rotatable bonds is 10. The van der Waals surface area contributed by atoms with Crippen LogP contribution in [0.15, 0.2) is 30.3 Å². The van der Waals surface area contributed by atoms with E-state index in [1.165, 1.54) is 30.4 Å². The van der Waals surface area contributed by atoms with Crippen molar-refractivity contribution in [1.82, 2.24) is 10.2 Å². The molecule has 1 aliphatic heterocycles. The van der Waals surface area contributed by atoms with Crippen molar-refractivity contribution in [2.45, 2.75) is 83.2 Å². The van der Waals surface area contributed by atoms with E-state index in [9.17, 15) is 4.79 Å². The number of ether oxygens (including phenoxy) is 1. The number of amides is 1. The molecule has 3 rings (SSSR count). The highest BCUT2D eigenvalue weighted by Gasteiger charge is 2.34. The maximum atomic E-state index is 12.3. The van der Waals surface area contributed by atoms with E-state index >= 15 is 0 Å². The fourth-order valence-electron chi connectivity index (χ4n) is 4.92. The van der Waals surface area contributed by atoms with E-state index in [1.807, 2.05) is 23.1 Å². The summed E-state index contributed by atoms with van der Waals surface area (Å²) in [5.74, 6) is 2.57. The summed E-state index contributed by atoms with van der Waals surface area (Å²) in [6, 6.07) is 10.6. The summed E-state index contributed by atoms with van der Waals surface area (Å²) in [6.07, 6.45) is 7.22. The minimum atomic E-state index is 0.0804. The normalized spacial score (nSPS) is 26.9. The lowest BCUT2D eigenvalue weighted by Gasteiger charge is -2.42. The Morgan fingerprint density at radius 1 is 1.16 bits per heavy atom. The van der Waals surface area contributed by atoms with E-state index in [4.69, 9.17) is 8.92 Å². The Morgan fingerprint density at radius 2 is 1.90 bits per heavy atom. The molecule has 174 valence electrons. The summed E-state index contributed by atoms with van der Waals surface area (Å²) >= 11 is 1.47. The van der Waals surface area contributed by atoms with Crippen LogP contribution < -0.4 is 5.32 Å². The number of carbonyl (C=O) groups excluding carboxylic acids is 1. The first-order chi connectivity index (χ1) is 15.0. The quantitative estimate of drug-likeness (QED) is 0.310. The van der Waals surface area contributed by atoms with E-state index < -0.39 is 0 Å². The van der Waals surface area contributed by atoms with E-state index in [0.29, 0.717) is 19.4 Å². The number of nitrogens with one attached hydrogen (secondary N) is 1. The molecule has 0 unspecified atom stereocenters. The summed E-state index contributed by atoms with van der Waals surface area (Å²) in [4.78, 5) is 14.3. The number of piperidine rings is 1. The Morgan fingerprint density at radius 3 is 2.58 bits per heavy atom. The molecule has 0 radical (unpaired) electrons. The number of nitrogens with zero attached hydrogens (tertiary/aromatic N) is 1. The number of carbonyl (C=O) groups is 1. The van der Waals surface area contributed by atoms with Gasteiger partial charge >= 0.3 is 0 Å². The number of hydrogen-bond donors (Lipinski definition) is 1. The third kappa shape index (κ3) is 7.77. The van der Waals surface area contributed by atoms with Gasteiger partial charge in [0, 0.05) is 25.3 Å². The van der Waals surface area contributed by atoms with Gasteiger partial charge in [0.25, 0.3) is 0 Å². The number of likely N-dealkylation sites (tertiary alicyclic amines) is 1. The molecule has 1 saturated carbocycles. The largest absolute Gasteiger partial charge is 0.376 e. The van der Waals surface area contributed by atoms with E-state index in [2.05, 4.69) is 31.3 Å². The molecule has 1 saturated heterocycles. The van der Waals surface area contributed by atoms with Crippen LogP contribution in [0.5, 0.6) is 0 Å². The van der Waals surface area contributed by atoms with Crippen LogP contribution in [0.2, 0.25) is 0 Å². The summed E-state index contributed by atoms with van der Waals surface area (Å²) < 4.78 is 12.1. The van der Waals surface area contributed by atoms with E-state index in [1.54, 1.807) is 6.92 Å². The number of hydrogen-bond acceptors (Lipinski definition) is 5. The monoisotopic (exact) mass is 448 g/mol. The van der Waals surface area contributed by atoms with Crippen LogP contribution in [0.1, 0.15) is 64.9 Å². The van der Waals surface area contributed by atoms with Crippen molar-refractivity contribution in [1.29, 1.82) is 0 Å². The molecule has 1 heterocycles. The average molecular weight is 449 g/mol. The summed E-state index contributed by atoms with van der Waals surface area (Å²) in [7, 11) is 0. The van der Waals surface area contributed by atoms with Crippen LogP contribution in [-0.4, -0.2) is 48.9 Å². The molecule has 0 bridgehead atoms. The van der Waals surface area contributed by atoms with Crippen LogP contribution in [0.3, 0.4) is 0 Å². The second-order valence-electron chi connectivity index (χ2n) is 9.36. The van der Waals surface area contributed by atoms with Gasteiger partial charge in [-0.2, -0.15) is 0 Å². The molecule has 1 aliphatic carbocycles. The first-order valence-corrected chi connectivity index (χ1v) is 12.9. The highest BCUT2D eigenvalue weighted by atomic mass is 32.2. The van der Waals surface area contributed by atoms with Crippen molar-refractivity contribution in [2.24, 2.45) is 11.8 Å². The van der Waals surface area contributed by atoms with Gasteiger partial charge in [-0.3, -0.25) is 14.3 Å². The SMILES string of the molecule is CC(=O)N1CCC[C@H](NCOSCc2ccccc2)[C@@H]1COC1CCC(C(C)C)CC1. The zero-order valence-corrected chi connectivity index (χ0v) is 20.2. The summed E-state index contributed by atoms with van der Waals surface area (Å²) in [5.41, 5.74) is 1.26. The molecular weight excluding hydrogens is 408 g/mol. The molecule has 1 N–H and O–H groups in total. The van der Waals surface area contributed by atoms with Crippen LogP contribution >= 0.6 is 12.0 Å². The molecule has 2 aliphatic rings. The molecule has 6 heteroatoms. The fourth-order valence-corrected chi connectivity index (χ4v) is 5.48. The highest BCUT2D eigenvalue weighted by molar-refractivity contribution is 7.93. The molecule has 2 fully saturated rings. The van der Waals surface area contributed by atoms with Gasteiger partial charge in [-0.1, -0.05) is 44.2 Å². The van der Waals surface area contributed by atoms with E-state index in [0.717, 1.165) is 49.8 Å². The first kappa shape index (κ1) is 24.6. The second kappa shape index (κ2) is 12.8. The molecule has 5 nitrogen and oxygen atoms in total. The van der Waals surface area contributed by atoms with Gasteiger partial charge in [0.05, 0.1) is 18.8 Å². The standard InChI is InChI=1S/C25H40N2O3S/c1-19(2)22-11-13-23(14-12-22)29-16-25-24(10-7-15-27(25)20(3)28)26-18-30-31-17-21-8-5-4-6-9-21/h4-6,8-9,19,22-26H,7,10-18H2,1-3H3/t22?,23?,24-,25-/m0/s1. The predicted molar refractivity (Wildman–Crippen MR) is 128 cm³/mol. The number of benzene rings is 1. The highest BCUT2D eigenvalue weighted by Crippen LogP contribution is 2.31. The molecule has 1 aromatic rings. The third-order valence-corrected chi connectivity index (χ3v) is 7.64. The maximum absolute atomic E-state index is 12.3. The Balaban J connectivity index is 1.44. The lowest BCUT2D eigenvalue weighted by molar-refractivity contribution is -0.136. The van der Waals surface area contributed by atoms with Crippen molar-refractivity contribution in [3.05, 3.63) is 35.9 Å². The predicted octanol–water partition coefficient (Wildman–Crippen LogP) is 5.01. The Labute approximate surface area is 192 Å². The minimum absolute atomic E-state index is 0.0804. The van der Waals surface area contributed by atoms with Gasteiger partial charge in [0.15, 0.2) is 0 Å². The topological polar surface area (TPSA) is 50.8 Å². The Kier molecular flexibility index (Phi) is 10.2. The van der Waals surface area contributed by atoms with Crippen LogP contribution in [-0.2, 0) is 19.5 Å². The zero-order valence-electron chi connectivity index (χ0n) is 19.4. The molecule has 2 atom stereocenters. The molecule has 1 amide bonds. The molecule has 1 aromatic carbocycles. The average Bonchev–Trinajstić information content (AvgIpc) is 2.78. The molecule has 31 heavy (non-hydrogen) atoms. The van der Waals surface area contributed by atoms with Crippen molar-refractivity contribution >= 4 is 17.9 Å². The molecular formula is C25H40N2O3S. The maximum Gasteiger partial charge on any atom is 0.219 e. The van der Waals surface area contributed by atoms with E-state index in [-0.39, 0.29) is 18.0 Å². The molecule has 0 spiro atoms. The third-order valence-electron chi connectivity index (χ3n) is 6.90. The molecule has 0 aromatic heterocycles. The van der Waals surface area contributed by atoms with Gasteiger partial charge in [0.2, 0.25) is 5.91 Å². The summed E-state index contributed by atoms with van der Waals surface area (Å²) in [6.45, 7) is 8.25. The minimum Gasteiger partial charge on any atom is -0.376 e. The van der Waals surface area contributed by atoms with Crippen LogP contribution in [0, 0.1) is 11.8 Å². The van der Waals surface area contributed by atoms with Gasteiger partial charge in [0.1, 0.15) is 6.73 Å². The Bertz CT molecular complexity index is 649.